The first kappa shape index (κ1) is 13.3. The molecular formula is C14H16N2O3. The fraction of sp³-hybridized carbons (Fsp3) is 0.214. The number of carbonyl (C=O) groups excluding carboxylic acids is 1. The summed E-state index contributed by atoms with van der Waals surface area (Å²) in [5, 5.41) is 13.4. The second-order valence-corrected chi connectivity index (χ2v) is 4.18. The number of anilines is 1. The fourth-order valence-corrected chi connectivity index (χ4v) is 1.83. The summed E-state index contributed by atoms with van der Waals surface area (Å²) < 4.78 is 5.30. The molecule has 0 spiro atoms. The molecule has 0 unspecified atom stereocenters. The molecule has 0 radical (unpaired) electrons. The van der Waals surface area contributed by atoms with E-state index in [-0.39, 0.29) is 0 Å². The predicted molar refractivity (Wildman–Crippen MR) is 74.2 cm³/mol. The highest BCUT2D eigenvalue weighted by Gasteiger charge is 2.13. The first-order valence-corrected chi connectivity index (χ1v) is 5.90. The van der Waals surface area contributed by atoms with E-state index < -0.39 is 18.6 Å². The van der Waals surface area contributed by atoms with Crippen molar-refractivity contribution in [2.75, 3.05) is 19.0 Å². The van der Waals surface area contributed by atoms with Crippen LogP contribution in [0.4, 0.5) is 5.69 Å². The second kappa shape index (κ2) is 5.69. The van der Waals surface area contributed by atoms with Gasteiger partial charge in [-0.1, -0.05) is 24.3 Å². The number of carbonyl (C=O) groups is 1. The first-order chi connectivity index (χ1) is 9.15. The number of fused-ring (bicyclic) bond motifs is 1. The van der Waals surface area contributed by atoms with Crippen molar-refractivity contribution < 1.29 is 14.6 Å². The molecule has 1 amide bonds. The Labute approximate surface area is 111 Å². The van der Waals surface area contributed by atoms with Crippen LogP contribution >= 0.6 is 0 Å². The van der Waals surface area contributed by atoms with Crippen molar-refractivity contribution in [3.8, 4) is 5.75 Å². The van der Waals surface area contributed by atoms with Gasteiger partial charge in [-0.2, -0.15) is 0 Å². The molecule has 5 heteroatoms. The summed E-state index contributed by atoms with van der Waals surface area (Å²) in [4.78, 5) is 11.6. The third kappa shape index (κ3) is 2.83. The number of nitrogens with one attached hydrogen (secondary N) is 1. The largest absolute Gasteiger partial charge is 0.496 e. The van der Waals surface area contributed by atoms with Gasteiger partial charge in [0.1, 0.15) is 11.8 Å². The van der Waals surface area contributed by atoms with Gasteiger partial charge < -0.3 is 20.9 Å². The minimum atomic E-state index is -0.933. The van der Waals surface area contributed by atoms with Crippen molar-refractivity contribution in [3.05, 3.63) is 36.4 Å². The van der Waals surface area contributed by atoms with Gasteiger partial charge >= 0.3 is 0 Å². The normalized spacial score (nSPS) is 12.2. The Morgan fingerprint density at radius 2 is 2.16 bits per heavy atom. The molecule has 0 fully saturated rings. The SMILES string of the molecule is COc1cc(NC(=O)[C@@H](N)CO)cc2ccccc12. The van der Waals surface area contributed by atoms with E-state index in [0.29, 0.717) is 11.4 Å². The number of aliphatic hydroxyl groups is 1. The second-order valence-electron chi connectivity index (χ2n) is 4.18. The molecule has 1 atom stereocenters. The molecular weight excluding hydrogens is 244 g/mol. The maximum absolute atomic E-state index is 11.6. The zero-order valence-corrected chi connectivity index (χ0v) is 10.6. The zero-order valence-electron chi connectivity index (χ0n) is 10.6. The fourth-order valence-electron chi connectivity index (χ4n) is 1.83. The molecule has 2 aromatic carbocycles. The third-order valence-corrected chi connectivity index (χ3v) is 2.84. The molecule has 5 nitrogen and oxygen atoms in total. The average molecular weight is 260 g/mol. The van der Waals surface area contributed by atoms with Crippen LogP contribution in [0.5, 0.6) is 5.75 Å². The standard InChI is InChI=1S/C14H16N2O3/c1-19-13-7-10(16-14(18)12(15)8-17)6-9-4-2-3-5-11(9)13/h2-7,12,17H,8,15H2,1H3,(H,16,18)/t12-/m0/s1. The van der Waals surface area contributed by atoms with Crippen molar-refractivity contribution in [1.29, 1.82) is 0 Å². The highest BCUT2D eigenvalue weighted by Crippen LogP contribution is 2.29. The van der Waals surface area contributed by atoms with Crippen molar-refractivity contribution in [1.82, 2.24) is 0 Å². The van der Waals surface area contributed by atoms with E-state index in [1.165, 1.54) is 0 Å². The topological polar surface area (TPSA) is 84.6 Å². The number of hydrogen-bond acceptors (Lipinski definition) is 4. The third-order valence-electron chi connectivity index (χ3n) is 2.84. The van der Waals surface area contributed by atoms with Gasteiger partial charge in [-0.05, 0) is 11.5 Å². The Balaban J connectivity index is 2.37. The Hall–Kier alpha value is -2.11. The molecule has 0 bridgehead atoms. The quantitative estimate of drug-likeness (QED) is 0.768. The Morgan fingerprint density at radius 3 is 2.84 bits per heavy atom. The number of aliphatic hydroxyl groups excluding tert-OH is 1. The average Bonchev–Trinajstić information content (AvgIpc) is 2.45. The monoisotopic (exact) mass is 260 g/mol. The lowest BCUT2D eigenvalue weighted by Gasteiger charge is -2.12. The van der Waals surface area contributed by atoms with Crippen LogP contribution in [0, 0.1) is 0 Å². The van der Waals surface area contributed by atoms with Gasteiger partial charge in [0, 0.05) is 17.1 Å². The molecule has 19 heavy (non-hydrogen) atoms. The number of ether oxygens (including phenoxy) is 1. The van der Waals surface area contributed by atoms with Crippen LogP contribution in [0.15, 0.2) is 36.4 Å². The van der Waals surface area contributed by atoms with Crippen LogP contribution in [0.2, 0.25) is 0 Å². The molecule has 100 valence electrons. The summed E-state index contributed by atoms with van der Waals surface area (Å²) in [6.07, 6.45) is 0. The Morgan fingerprint density at radius 1 is 1.42 bits per heavy atom. The summed E-state index contributed by atoms with van der Waals surface area (Å²) in [5.74, 6) is 0.241. The van der Waals surface area contributed by atoms with E-state index in [1.54, 1.807) is 13.2 Å². The minimum Gasteiger partial charge on any atom is -0.496 e. The maximum Gasteiger partial charge on any atom is 0.243 e. The van der Waals surface area contributed by atoms with Crippen LogP contribution in [-0.4, -0.2) is 30.8 Å². The molecule has 0 aliphatic carbocycles. The molecule has 2 rings (SSSR count). The lowest BCUT2D eigenvalue weighted by atomic mass is 10.1. The summed E-state index contributed by atoms with van der Waals surface area (Å²) in [5.41, 5.74) is 6.04. The van der Waals surface area contributed by atoms with Crippen LogP contribution in [0.1, 0.15) is 0 Å². The molecule has 0 saturated heterocycles. The molecule has 0 aliphatic rings. The van der Waals surface area contributed by atoms with Crippen LogP contribution in [-0.2, 0) is 4.79 Å². The number of benzene rings is 2. The van der Waals surface area contributed by atoms with E-state index >= 15 is 0 Å². The van der Waals surface area contributed by atoms with Crippen molar-refractivity contribution in [2.45, 2.75) is 6.04 Å². The smallest absolute Gasteiger partial charge is 0.243 e. The van der Waals surface area contributed by atoms with E-state index in [0.717, 1.165) is 10.8 Å². The number of methoxy groups -OCH3 is 1. The molecule has 0 aromatic heterocycles. The van der Waals surface area contributed by atoms with Crippen LogP contribution in [0.3, 0.4) is 0 Å². The van der Waals surface area contributed by atoms with Gasteiger partial charge in [0.05, 0.1) is 13.7 Å². The zero-order chi connectivity index (χ0) is 13.8. The molecule has 2 aromatic rings. The summed E-state index contributed by atoms with van der Waals surface area (Å²) in [7, 11) is 1.58. The molecule has 4 N–H and O–H groups in total. The highest BCUT2D eigenvalue weighted by atomic mass is 16.5. The Kier molecular flexibility index (Phi) is 3.99. The summed E-state index contributed by atoms with van der Waals surface area (Å²) in [6, 6.07) is 10.3. The lowest BCUT2D eigenvalue weighted by molar-refractivity contribution is -0.118. The summed E-state index contributed by atoms with van der Waals surface area (Å²) in [6.45, 7) is -0.392. The molecule has 0 heterocycles. The van der Waals surface area contributed by atoms with Gasteiger partial charge in [0.15, 0.2) is 0 Å². The van der Waals surface area contributed by atoms with Gasteiger partial charge in [0.2, 0.25) is 5.91 Å². The lowest BCUT2D eigenvalue weighted by Crippen LogP contribution is -2.38. The van der Waals surface area contributed by atoms with E-state index in [9.17, 15) is 4.79 Å². The van der Waals surface area contributed by atoms with Crippen LogP contribution < -0.4 is 15.8 Å². The van der Waals surface area contributed by atoms with Crippen molar-refractivity contribution in [3.63, 3.8) is 0 Å². The first-order valence-electron chi connectivity index (χ1n) is 5.90. The van der Waals surface area contributed by atoms with Crippen molar-refractivity contribution >= 4 is 22.4 Å². The minimum absolute atomic E-state index is 0.392. The van der Waals surface area contributed by atoms with E-state index in [4.69, 9.17) is 15.6 Å². The van der Waals surface area contributed by atoms with Crippen molar-refractivity contribution in [2.24, 2.45) is 5.73 Å². The highest BCUT2D eigenvalue weighted by molar-refractivity contribution is 5.99. The van der Waals surface area contributed by atoms with Gasteiger partial charge in [0.25, 0.3) is 0 Å². The van der Waals surface area contributed by atoms with Gasteiger partial charge in [-0.25, -0.2) is 0 Å². The molecule has 0 saturated carbocycles. The number of nitrogens with two attached hydrogens (primary N) is 1. The Bertz CT molecular complexity index is 598. The molecule has 0 aliphatic heterocycles. The van der Waals surface area contributed by atoms with Gasteiger partial charge in [-0.3, -0.25) is 4.79 Å². The number of hydrogen-bond donors (Lipinski definition) is 3. The van der Waals surface area contributed by atoms with E-state index in [1.807, 2.05) is 30.3 Å². The van der Waals surface area contributed by atoms with E-state index in [2.05, 4.69) is 5.32 Å². The van der Waals surface area contributed by atoms with Crippen LogP contribution in [0.25, 0.3) is 10.8 Å². The number of amides is 1. The maximum atomic E-state index is 11.6. The summed E-state index contributed by atoms with van der Waals surface area (Å²) >= 11 is 0. The van der Waals surface area contributed by atoms with Gasteiger partial charge in [-0.15, -0.1) is 0 Å². The predicted octanol–water partition coefficient (Wildman–Crippen LogP) is 1.11. The number of rotatable bonds is 4.